The Bertz CT molecular complexity index is 852. The lowest BCUT2D eigenvalue weighted by Gasteiger charge is -2.32. The second-order valence-corrected chi connectivity index (χ2v) is 6.95. The van der Waals surface area contributed by atoms with E-state index in [1.807, 2.05) is 6.07 Å². The van der Waals surface area contributed by atoms with Crippen LogP contribution in [0.15, 0.2) is 30.5 Å². The lowest BCUT2D eigenvalue weighted by atomic mass is 10.0. The molecule has 0 N–H and O–H groups in total. The molecule has 3 aromatic heterocycles. The van der Waals surface area contributed by atoms with Crippen molar-refractivity contribution in [3.8, 4) is 0 Å². The minimum Gasteiger partial charge on any atom is -0.302 e. The lowest BCUT2D eigenvalue weighted by molar-refractivity contribution is 0.170. The highest BCUT2D eigenvalue weighted by Crippen LogP contribution is 2.25. The maximum atomic E-state index is 4.68. The van der Waals surface area contributed by atoms with Gasteiger partial charge in [0.15, 0.2) is 0 Å². The summed E-state index contributed by atoms with van der Waals surface area (Å²) in [5, 5.41) is 4.67. The predicted molar refractivity (Wildman–Crippen MR) is 95.2 cm³/mol. The monoisotopic (exact) mass is 323 g/mol. The Kier molecular flexibility index (Phi) is 3.88. The van der Waals surface area contributed by atoms with Gasteiger partial charge in [-0.3, -0.25) is 9.58 Å². The molecule has 4 heterocycles. The Labute approximate surface area is 142 Å². The quantitative estimate of drug-likeness (QED) is 0.742. The van der Waals surface area contributed by atoms with E-state index in [0.29, 0.717) is 6.04 Å². The number of hydrogen-bond donors (Lipinski definition) is 0. The van der Waals surface area contributed by atoms with Gasteiger partial charge in [-0.2, -0.15) is 5.10 Å². The van der Waals surface area contributed by atoms with Crippen LogP contribution >= 0.6 is 0 Å². The van der Waals surface area contributed by atoms with E-state index in [1.165, 1.54) is 11.4 Å². The first kappa shape index (κ1) is 15.4. The summed E-state index contributed by atoms with van der Waals surface area (Å²) in [6.07, 6.45) is 4.45. The van der Waals surface area contributed by atoms with Gasteiger partial charge in [-0.1, -0.05) is 6.07 Å². The molecular weight excluding hydrogens is 298 g/mol. The number of likely N-dealkylation sites (tertiary alicyclic amines) is 1. The van der Waals surface area contributed by atoms with Gasteiger partial charge < -0.3 is 4.40 Å². The van der Waals surface area contributed by atoms with Crippen LogP contribution in [0.25, 0.3) is 5.65 Å². The van der Waals surface area contributed by atoms with Gasteiger partial charge in [-0.25, -0.2) is 4.98 Å². The van der Waals surface area contributed by atoms with Gasteiger partial charge in [0.25, 0.3) is 0 Å². The highest BCUT2D eigenvalue weighted by Gasteiger charge is 2.23. The third kappa shape index (κ3) is 2.73. The van der Waals surface area contributed by atoms with Crippen molar-refractivity contribution in [1.29, 1.82) is 0 Å². The highest BCUT2D eigenvalue weighted by atomic mass is 15.3. The standard InChI is InChI=1S/C19H25N5/c1-14-12-15(2)24(21-14)17-7-10-22(11-8-17)13-18-16(3)20-19-6-4-5-9-23(18)19/h4-6,9,12,17H,7-8,10-11,13H2,1-3H3. The first-order valence-electron chi connectivity index (χ1n) is 8.79. The van der Waals surface area contributed by atoms with Gasteiger partial charge >= 0.3 is 0 Å². The molecule has 0 aliphatic carbocycles. The molecule has 0 radical (unpaired) electrons. The van der Waals surface area contributed by atoms with E-state index in [4.69, 9.17) is 0 Å². The van der Waals surface area contributed by atoms with E-state index in [0.717, 1.165) is 49.5 Å². The highest BCUT2D eigenvalue weighted by molar-refractivity contribution is 5.42. The Morgan fingerprint density at radius 3 is 2.62 bits per heavy atom. The normalized spacial score (nSPS) is 17.0. The van der Waals surface area contributed by atoms with Crippen LogP contribution in [0.5, 0.6) is 0 Å². The number of aromatic nitrogens is 4. The van der Waals surface area contributed by atoms with Gasteiger partial charge in [-0.15, -0.1) is 0 Å². The molecule has 5 heteroatoms. The van der Waals surface area contributed by atoms with Crippen molar-refractivity contribution in [2.24, 2.45) is 0 Å². The summed E-state index contributed by atoms with van der Waals surface area (Å²) < 4.78 is 4.45. The molecule has 5 nitrogen and oxygen atoms in total. The molecule has 0 bridgehead atoms. The topological polar surface area (TPSA) is 38.4 Å². The zero-order valence-electron chi connectivity index (χ0n) is 14.7. The molecule has 4 rings (SSSR count). The molecular formula is C19H25N5. The van der Waals surface area contributed by atoms with Crippen LogP contribution < -0.4 is 0 Å². The third-order valence-corrected chi connectivity index (χ3v) is 5.15. The molecule has 0 atom stereocenters. The third-order valence-electron chi connectivity index (χ3n) is 5.15. The van der Waals surface area contributed by atoms with Crippen LogP contribution in [0.4, 0.5) is 0 Å². The average molecular weight is 323 g/mol. The Morgan fingerprint density at radius 1 is 1.12 bits per heavy atom. The van der Waals surface area contributed by atoms with E-state index in [-0.39, 0.29) is 0 Å². The number of aryl methyl sites for hydroxylation is 3. The van der Waals surface area contributed by atoms with Crippen molar-refractivity contribution in [2.75, 3.05) is 13.1 Å². The van der Waals surface area contributed by atoms with Crippen LogP contribution in [-0.2, 0) is 6.54 Å². The number of hydrogen-bond acceptors (Lipinski definition) is 3. The van der Waals surface area contributed by atoms with E-state index >= 15 is 0 Å². The second kappa shape index (κ2) is 6.06. The largest absolute Gasteiger partial charge is 0.302 e. The average Bonchev–Trinajstić information content (AvgIpc) is 3.07. The van der Waals surface area contributed by atoms with E-state index in [9.17, 15) is 0 Å². The van der Waals surface area contributed by atoms with Crippen molar-refractivity contribution in [3.05, 3.63) is 53.2 Å². The number of imidazole rings is 1. The Hall–Kier alpha value is -2.14. The van der Waals surface area contributed by atoms with Gasteiger partial charge in [-0.05, 0) is 51.8 Å². The molecule has 0 unspecified atom stereocenters. The summed E-state index contributed by atoms with van der Waals surface area (Å²) in [6.45, 7) is 9.55. The Balaban J connectivity index is 1.46. The van der Waals surface area contributed by atoms with Crippen molar-refractivity contribution in [1.82, 2.24) is 24.1 Å². The molecule has 126 valence electrons. The molecule has 24 heavy (non-hydrogen) atoms. The first-order valence-corrected chi connectivity index (χ1v) is 8.79. The molecule has 0 amide bonds. The summed E-state index contributed by atoms with van der Waals surface area (Å²) in [6, 6.07) is 8.91. The van der Waals surface area contributed by atoms with Gasteiger partial charge in [0.1, 0.15) is 5.65 Å². The predicted octanol–water partition coefficient (Wildman–Crippen LogP) is 3.29. The van der Waals surface area contributed by atoms with E-state index in [2.05, 4.69) is 69.2 Å². The maximum Gasteiger partial charge on any atom is 0.137 e. The zero-order valence-corrected chi connectivity index (χ0v) is 14.7. The summed E-state index contributed by atoms with van der Waals surface area (Å²) in [7, 11) is 0. The zero-order chi connectivity index (χ0) is 16.7. The fourth-order valence-corrected chi connectivity index (χ4v) is 3.90. The number of nitrogens with zero attached hydrogens (tertiary/aromatic N) is 5. The molecule has 0 aromatic carbocycles. The van der Waals surface area contributed by atoms with Gasteiger partial charge in [0.2, 0.25) is 0 Å². The first-order chi connectivity index (χ1) is 11.6. The molecule has 1 aliphatic heterocycles. The molecule has 1 fully saturated rings. The van der Waals surface area contributed by atoms with Crippen molar-refractivity contribution < 1.29 is 0 Å². The number of fused-ring (bicyclic) bond motifs is 1. The van der Waals surface area contributed by atoms with Crippen LogP contribution in [0.1, 0.15) is 41.7 Å². The van der Waals surface area contributed by atoms with Crippen LogP contribution in [-0.4, -0.2) is 37.2 Å². The van der Waals surface area contributed by atoms with Gasteiger partial charge in [0.05, 0.1) is 23.1 Å². The van der Waals surface area contributed by atoms with Crippen LogP contribution in [0.2, 0.25) is 0 Å². The number of rotatable bonds is 3. The second-order valence-electron chi connectivity index (χ2n) is 6.95. The van der Waals surface area contributed by atoms with Crippen LogP contribution in [0, 0.1) is 20.8 Å². The molecule has 1 aliphatic rings. The summed E-state index contributed by atoms with van der Waals surface area (Å²) >= 11 is 0. The molecule has 0 spiro atoms. The summed E-state index contributed by atoms with van der Waals surface area (Å²) in [5.74, 6) is 0. The smallest absolute Gasteiger partial charge is 0.137 e. The molecule has 0 saturated carbocycles. The fourth-order valence-electron chi connectivity index (χ4n) is 3.90. The fraction of sp³-hybridized carbons (Fsp3) is 0.474. The van der Waals surface area contributed by atoms with Crippen LogP contribution in [0.3, 0.4) is 0 Å². The minimum absolute atomic E-state index is 0.540. The maximum absolute atomic E-state index is 4.68. The summed E-state index contributed by atoms with van der Waals surface area (Å²) in [5.41, 5.74) is 5.90. The van der Waals surface area contributed by atoms with Crippen molar-refractivity contribution >= 4 is 5.65 Å². The summed E-state index contributed by atoms with van der Waals surface area (Å²) in [4.78, 5) is 7.22. The number of pyridine rings is 1. The minimum atomic E-state index is 0.540. The van der Waals surface area contributed by atoms with Crippen molar-refractivity contribution in [2.45, 2.75) is 46.2 Å². The van der Waals surface area contributed by atoms with Gasteiger partial charge in [0, 0.05) is 31.5 Å². The number of piperidine rings is 1. The van der Waals surface area contributed by atoms with Crippen molar-refractivity contribution in [3.63, 3.8) is 0 Å². The van der Waals surface area contributed by atoms with E-state index < -0.39 is 0 Å². The molecule has 3 aromatic rings. The SMILES string of the molecule is Cc1cc(C)n(C2CCN(Cc3c(C)nc4ccccn34)CC2)n1. The Morgan fingerprint density at radius 2 is 1.92 bits per heavy atom. The van der Waals surface area contributed by atoms with E-state index in [1.54, 1.807) is 0 Å². The lowest BCUT2D eigenvalue weighted by Crippen LogP contribution is -2.35. The molecule has 1 saturated heterocycles.